The van der Waals surface area contributed by atoms with E-state index in [0.717, 1.165) is 16.6 Å². The molecule has 0 radical (unpaired) electrons. The third-order valence-corrected chi connectivity index (χ3v) is 4.89. The van der Waals surface area contributed by atoms with Gasteiger partial charge in [-0.15, -0.1) is 0 Å². The number of nitrogens with zero attached hydrogens (tertiary/aromatic N) is 3. The Morgan fingerprint density at radius 2 is 1.93 bits per heavy atom. The molecule has 3 rings (SSSR count). The summed E-state index contributed by atoms with van der Waals surface area (Å²) in [5, 5.41) is 1.22. The first-order chi connectivity index (χ1) is 14.2. The summed E-state index contributed by atoms with van der Waals surface area (Å²) in [6.07, 6.45) is 0.390. The number of fused-ring (bicyclic) bond motifs is 1. The zero-order chi connectivity index (χ0) is 22.1. The van der Waals surface area contributed by atoms with Crippen LogP contribution < -0.4 is 10.6 Å². The average molecular weight is 415 g/mol. The summed E-state index contributed by atoms with van der Waals surface area (Å²) in [4.78, 5) is 56.1. The van der Waals surface area contributed by atoms with Crippen LogP contribution in [0.2, 0.25) is 0 Å². The van der Waals surface area contributed by atoms with Gasteiger partial charge in [-0.05, 0) is 25.5 Å². The minimum atomic E-state index is -2.07. The molecule has 0 spiro atoms. The monoisotopic (exact) mass is 415 g/mol. The van der Waals surface area contributed by atoms with Crippen molar-refractivity contribution in [1.82, 2.24) is 9.66 Å². The van der Waals surface area contributed by atoms with Crippen molar-refractivity contribution in [1.29, 1.82) is 0 Å². The van der Waals surface area contributed by atoms with E-state index in [4.69, 9.17) is 9.47 Å². The van der Waals surface area contributed by atoms with Crippen LogP contribution in [0.15, 0.2) is 29.1 Å². The van der Waals surface area contributed by atoms with Crippen LogP contribution in [0.5, 0.6) is 0 Å². The lowest BCUT2D eigenvalue weighted by atomic mass is 9.98. The van der Waals surface area contributed by atoms with Gasteiger partial charge in [-0.25, -0.2) is 9.78 Å². The smallest absolute Gasteiger partial charge is 0.374 e. The predicted octanol–water partition coefficient (Wildman–Crippen LogP) is 1.99. The molecule has 160 valence electrons. The topological polar surface area (TPSA) is 108 Å². The maximum Gasteiger partial charge on any atom is 0.374 e. The molecule has 30 heavy (non-hydrogen) atoms. The van der Waals surface area contributed by atoms with Crippen molar-refractivity contribution >= 4 is 28.7 Å². The van der Waals surface area contributed by atoms with Crippen LogP contribution in [0, 0.1) is 0 Å². The fourth-order valence-corrected chi connectivity index (χ4v) is 3.68. The summed E-state index contributed by atoms with van der Waals surface area (Å²) in [5.74, 6) is -2.20. The zero-order valence-corrected chi connectivity index (χ0v) is 17.5. The standard InChI is InChI=1S/C21H25N3O6/c1-5-29-20(28)21(30-14(4)25)12-8-11-17(26)24(21)23-18(13(2)3)22-16-10-7-6-9-15(16)19(23)27/h6-7,9-10,13H,5,8,11-12H2,1-4H3. The number of rotatable bonds is 5. The van der Waals surface area contributed by atoms with Crippen LogP contribution >= 0.6 is 0 Å². The van der Waals surface area contributed by atoms with Gasteiger partial charge in [0.15, 0.2) is 0 Å². The van der Waals surface area contributed by atoms with Gasteiger partial charge >= 0.3 is 17.7 Å². The van der Waals surface area contributed by atoms with E-state index >= 15 is 0 Å². The van der Waals surface area contributed by atoms with Crippen LogP contribution in [0.3, 0.4) is 0 Å². The van der Waals surface area contributed by atoms with Gasteiger partial charge in [-0.3, -0.25) is 14.4 Å². The molecule has 1 aliphatic rings. The number of benzene rings is 1. The summed E-state index contributed by atoms with van der Waals surface area (Å²) >= 11 is 0. The normalized spacial score (nSPS) is 19.2. The molecule has 1 atom stereocenters. The molecule has 1 fully saturated rings. The van der Waals surface area contributed by atoms with E-state index in [9.17, 15) is 19.2 Å². The van der Waals surface area contributed by atoms with E-state index in [1.54, 1.807) is 31.2 Å². The molecular weight excluding hydrogens is 390 g/mol. The van der Waals surface area contributed by atoms with Gasteiger partial charge in [0.1, 0.15) is 5.82 Å². The number of ether oxygens (including phenoxy) is 2. The molecule has 2 aromatic rings. The maximum atomic E-state index is 13.5. The van der Waals surface area contributed by atoms with E-state index in [1.165, 1.54) is 0 Å². The number of para-hydroxylation sites is 1. The molecule has 1 aromatic heterocycles. The van der Waals surface area contributed by atoms with Crippen LogP contribution in [0.25, 0.3) is 10.9 Å². The Balaban J connectivity index is 2.37. The molecular formula is C21H25N3O6. The molecule has 1 aliphatic heterocycles. The molecule has 0 bridgehead atoms. The number of amides is 1. The lowest BCUT2D eigenvalue weighted by Crippen LogP contribution is -2.69. The van der Waals surface area contributed by atoms with Gasteiger partial charge in [0, 0.05) is 25.7 Å². The Morgan fingerprint density at radius 3 is 2.57 bits per heavy atom. The fraction of sp³-hybridized carbons (Fsp3) is 0.476. The van der Waals surface area contributed by atoms with Crippen molar-refractivity contribution in [3.63, 3.8) is 0 Å². The van der Waals surface area contributed by atoms with Crippen LogP contribution in [0.1, 0.15) is 58.7 Å². The van der Waals surface area contributed by atoms with Crippen molar-refractivity contribution < 1.29 is 23.9 Å². The van der Waals surface area contributed by atoms with Gasteiger partial charge in [0.05, 0.1) is 17.5 Å². The Bertz CT molecular complexity index is 1060. The van der Waals surface area contributed by atoms with Crippen molar-refractivity contribution in [2.45, 2.75) is 58.6 Å². The Hall–Kier alpha value is -3.23. The number of hydrogen-bond acceptors (Lipinski definition) is 7. The fourth-order valence-electron chi connectivity index (χ4n) is 3.68. The summed E-state index contributed by atoms with van der Waals surface area (Å²) in [5.41, 5.74) is -2.13. The second-order valence-corrected chi connectivity index (χ2v) is 7.42. The molecule has 0 N–H and O–H groups in total. The largest absolute Gasteiger partial charge is 0.462 e. The highest BCUT2D eigenvalue weighted by molar-refractivity contribution is 5.98. The number of carbonyl (C=O) groups excluding carboxylic acids is 3. The van der Waals surface area contributed by atoms with Gasteiger partial charge < -0.3 is 9.47 Å². The molecule has 9 nitrogen and oxygen atoms in total. The first-order valence-corrected chi connectivity index (χ1v) is 9.94. The minimum Gasteiger partial charge on any atom is -0.462 e. The lowest BCUT2D eigenvalue weighted by Gasteiger charge is -2.44. The molecule has 1 unspecified atom stereocenters. The van der Waals surface area contributed by atoms with Crippen molar-refractivity contribution in [3.05, 3.63) is 40.4 Å². The van der Waals surface area contributed by atoms with E-state index in [2.05, 4.69) is 4.98 Å². The van der Waals surface area contributed by atoms with E-state index in [1.807, 2.05) is 13.8 Å². The quantitative estimate of drug-likeness (QED) is 0.687. The third kappa shape index (κ3) is 3.55. The first-order valence-electron chi connectivity index (χ1n) is 9.94. The van der Waals surface area contributed by atoms with Crippen molar-refractivity contribution in [2.24, 2.45) is 0 Å². The Kier molecular flexibility index (Phi) is 5.91. The number of hydrogen-bond donors (Lipinski definition) is 0. The predicted molar refractivity (Wildman–Crippen MR) is 108 cm³/mol. The van der Waals surface area contributed by atoms with Gasteiger partial charge in [-0.1, -0.05) is 26.0 Å². The van der Waals surface area contributed by atoms with E-state index in [0.29, 0.717) is 11.9 Å². The summed E-state index contributed by atoms with van der Waals surface area (Å²) in [6.45, 7) is 6.41. The number of esters is 2. The number of carbonyl (C=O) groups is 3. The van der Waals surface area contributed by atoms with Gasteiger partial charge in [0.2, 0.25) is 5.91 Å². The highest BCUT2D eigenvalue weighted by Crippen LogP contribution is 2.32. The van der Waals surface area contributed by atoms with E-state index in [-0.39, 0.29) is 36.6 Å². The average Bonchev–Trinajstić information content (AvgIpc) is 2.68. The molecule has 1 aromatic carbocycles. The molecule has 9 heteroatoms. The molecule has 0 aliphatic carbocycles. The molecule has 2 heterocycles. The second kappa shape index (κ2) is 8.25. The van der Waals surface area contributed by atoms with Crippen molar-refractivity contribution in [2.75, 3.05) is 11.6 Å². The first kappa shape index (κ1) is 21.5. The summed E-state index contributed by atoms with van der Waals surface area (Å²) < 4.78 is 11.7. The lowest BCUT2D eigenvalue weighted by molar-refractivity contribution is -0.188. The SMILES string of the molecule is CCOC(=O)C1(OC(C)=O)CCCC(=O)N1n1c(C(C)C)nc2ccccc2c1=O. The molecule has 1 saturated heterocycles. The van der Waals surface area contributed by atoms with Crippen LogP contribution in [-0.2, 0) is 23.9 Å². The van der Waals surface area contributed by atoms with Crippen LogP contribution in [0.4, 0.5) is 0 Å². The highest BCUT2D eigenvalue weighted by atomic mass is 16.6. The molecule has 1 amide bonds. The maximum absolute atomic E-state index is 13.5. The van der Waals surface area contributed by atoms with E-state index < -0.39 is 29.1 Å². The van der Waals surface area contributed by atoms with Gasteiger partial charge in [-0.2, -0.15) is 9.69 Å². The Morgan fingerprint density at radius 1 is 1.23 bits per heavy atom. The third-order valence-electron chi connectivity index (χ3n) is 4.89. The van der Waals surface area contributed by atoms with Gasteiger partial charge in [0.25, 0.3) is 5.56 Å². The van der Waals surface area contributed by atoms with Crippen molar-refractivity contribution in [3.8, 4) is 0 Å². The molecule has 0 saturated carbocycles. The summed E-state index contributed by atoms with van der Waals surface area (Å²) in [7, 11) is 0. The number of piperidine rings is 1. The zero-order valence-electron chi connectivity index (χ0n) is 17.5. The minimum absolute atomic E-state index is 0.00789. The highest BCUT2D eigenvalue weighted by Gasteiger charge is 2.55. The summed E-state index contributed by atoms with van der Waals surface area (Å²) in [6, 6.07) is 6.75. The number of aromatic nitrogens is 2. The van der Waals surface area contributed by atoms with Crippen LogP contribution in [-0.4, -0.2) is 39.8 Å². The second-order valence-electron chi connectivity index (χ2n) is 7.42. The Labute approximate surface area is 173 Å².